The first-order valence-corrected chi connectivity index (χ1v) is 10.1. The van der Waals surface area contributed by atoms with E-state index in [1.54, 1.807) is 0 Å². The SMILES string of the molecule is C[C@H](NC(=O)C1CCSCC1)C1(N2CCOCC2)CCCC1. The Hall–Kier alpha value is -0.260. The molecule has 0 bridgehead atoms. The summed E-state index contributed by atoms with van der Waals surface area (Å²) in [4.78, 5) is 15.2. The van der Waals surface area contributed by atoms with Gasteiger partial charge in [0.15, 0.2) is 0 Å². The Kier molecular flexibility index (Phi) is 5.69. The third-order valence-corrected chi connectivity index (χ3v) is 6.92. The zero-order valence-corrected chi connectivity index (χ0v) is 14.6. The van der Waals surface area contributed by atoms with Crippen LogP contribution in [0.5, 0.6) is 0 Å². The van der Waals surface area contributed by atoms with E-state index in [1.165, 1.54) is 25.7 Å². The van der Waals surface area contributed by atoms with E-state index in [0.29, 0.717) is 5.91 Å². The molecule has 0 aromatic rings. The number of amides is 1. The number of rotatable bonds is 4. The number of nitrogens with zero attached hydrogens (tertiary/aromatic N) is 1. The zero-order valence-electron chi connectivity index (χ0n) is 13.8. The van der Waals surface area contributed by atoms with E-state index in [4.69, 9.17) is 4.74 Å². The summed E-state index contributed by atoms with van der Waals surface area (Å²) in [5.74, 6) is 2.82. The molecule has 1 saturated carbocycles. The van der Waals surface area contributed by atoms with Gasteiger partial charge in [0.1, 0.15) is 0 Å². The van der Waals surface area contributed by atoms with E-state index >= 15 is 0 Å². The van der Waals surface area contributed by atoms with Crippen LogP contribution in [-0.2, 0) is 9.53 Å². The van der Waals surface area contributed by atoms with E-state index in [9.17, 15) is 4.79 Å². The van der Waals surface area contributed by atoms with E-state index in [-0.39, 0.29) is 17.5 Å². The topological polar surface area (TPSA) is 41.6 Å². The highest BCUT2D eigenvalue weighted by Crippen LogP contribution is 2.39. The summed E-state index contributed by atoms with van der Waals surface area (Å²) in [6.07, 6.45) is 7.11. The molecule has 1 N–H and O–H groups in total. The molecule has 4 nitrogen and oxygen atoms in total. The van der Waals surface area contributed by atoms with Crippen LogP contribution >= 0.6 is 11.8 Å². The summed E-state index contributed by atoms with van der Waals surface area (Å²) in [6.45, 7) is 5.93. The fourth-order valence-electron chi connectivity index (χ4n) is 4.44. The zero-order chi connectivity index (χ0) is 15.4. The van der Waals surface area contributed by atoms with E-state index in [0.717, 1.165) is 50.7 Å². The van der Waals surface area contributed by atoms with Crippen molar-refractivity contribution in [3.8, 4) is 0 Å². The molecule has 0 aromatic carbocycles. The Morgan fingerprint density at radius 3 is 2.50 bits per heavy atom. The minimum Gasteiger partial charge on any atom is -0.379 e. The molecule has 3 aliphatic rings. The Morgan fingerprint density at radius 1 is 1.23 bits per heavy atom. The maximum Gasteiger partial charge on any atom is 0.223 e. The van der Waals surface area contributed by atoms with E-state index in [2.05, 4.69) is 17.1 Å². The van der Waals surface area contributed by atoms with Crippen LogP contribution in [0.25, 0.3) is 0 Å². The van der Waals surface area contributed by atoms with Crippen molar-refractivity contribution in [3.63, 3.8) is 0 Å². The second kappa shape index (κ2) is 7.54. The average molecular weight is 327 g/mol. The molecule has 0 unspecified atom stereocenters. The van der Waals surface area contributed by atoms with Gasteiger partial charge in [-0.3, -0.25) is 9.69 Å². The largest absolute Gasteiger partial charge is 0.379 e. The molecular formula is C17H30N2O2S. The van der Waals surface area contributed by atoms with Crippen LogP contribution < -0.4 is 5.32 Å². The second-order valence-electron chi connectivity index (χ2n) is 7.03. The highest BCUT2D eigenvalue weighted by atomic mass is 32.2. The number of carbonyl (C=O) groups is 1. The van der Waals surface area contributed by atoms with Crippen LogP contribution in [0.3, 0.4) is 0 Å². The van der Waals surface area contributed by atoms with Gasteiger partial charge in [-0.05, 0) is 44.1 Å². The van der Waals surface area contributed by atoms with Crippen molar-refractivity contribution in [1.82, 2.24) is 10.2 Å². The number of hydrogen-bond donors (Lipinski definition) is 1. The highest BCUT2D eigenvalue weighted by molar-refractivity contribution is 7.99. The molecule has 0 radical (unpaired) electrons. The Morgan fingerprint density at radius 2 is 1.86 bits per heavy atom. The lowest BCUT2D eigenvalue weighted by molar-refractivity contribution is -0.127. The van der Waals surface area contributed by atoms with Crippen molar-refractivity contribution in [2.24, 2.45) is 5.92 Å². The summed E-state index contributed by atoms with van der Waals surface area (Å²) in [7, 11) is 0. The minimum absolute atomic E-state index is 0.170. The third-order valence-electron chi connectivity index (χ3n) is 5.87. The van der Waals surface area contributed by atoms with Crippen LogP contribution in [0.1, 0.15) is 45.4 Å². The van der Waals surface area contributed by atoms with Crippen molar-refractivity contribution < 1.29 is 9.53 Å². The molecule has 0 spiro atoms. The lowest BCUT2D eigenvalue weighted by atomic mass is 9.86. The van der Waals surface area contributed by atoms with Crippen LogP contribution in [0.4, 0.5) is 0 Å². The van der Waals surface area contributed by atoms with Crippen LogP contribution in [0, 0.1) is 5.92 Å². The van der Waals surface area contributed by atoms with Crippen LogP contribution in [0.2, 0.25) is 0 Å². The fraction of sp³-hybridized carbons (Fsp3) is 0.941. The van der Waals surface area contributed by atoms with Gasteiger partial charge >= 0.3 is 0 Å². The Bertz CT molecular complexity index is 373. The molecule has 2 aliphatic heterocycles. The molecule has 1 aliphatic carbocycles. The van der Waals surface area contributed by atoms with E-state index in [1.807, 2.05) is 11.8 Å². The lowest BCUT2D eigenvalue weighted by Crippen LogP contribution is -2.62. The van der Waals surface area contributed by atoms with Gasteiger partial charge in [-0.25, -0.2) is 0 Å². The van der Waals surface area contributed by atoms with E-state index < -0.39 is 0 Å². The molecule has 22 heavy (non-hydrogen) atoms. The van der Waals surface area contributed by atoms with Gasteiger partial charge in [0.05, 0.1) is 13.2 Å². The molecule has 126 valence electrons. The quantitative estimate of drug-likeness (QED) is 0.860. The predicted molar refractivity (Wildman–Crippen MR) is 91.2 cm³/mol. The van der Waals surface area contributed by atoms with Gasteiger partial charge in [-0.15, -0.1) is 0 Å². The smallest absolute Gasteiger partial charge is 0.223 e. The van der Waals surface area contributed by atoms with Crippen LogP contribution in [0.15, 0.2) is 0 Å². The maximum atomic E-state index is 12.6. The second-order valence-corrected chi connectivity index (χ2v) is 8.25. The van der Waals surface area contributed by atoms with Crippen molar-refractivity contribution in [3.05, 3.63) is 0 Å². The number of nitrogens with one attached hydrogen (secondary N) is 1. The summed E-state index contributed by atoms with van der Waals surface area (Å²) >= 11 is 1.98. The molecule has 3 fully saturated rings. The molecule has 3 rings (SSSR count). The van der Waals surface area contributed by atoms with Gasteiger partial charge in [0, 0.05) is 30.6 Å². The molecule has 0 aromatic heterocycles. The number of morpholine rings is 1. The van der Waals surface area contributed by atoms with Gasteiger partial charge in [-0.2, -0.15) is 11.8 Å². The number of carbonyl (C=O) groups excluding carboxylic acids is 1. The van der Waals surface area contributed by atoms with Gasteiger partial charge in [-0.1, -0.05) is 12.8 Å². The van der Waals surface area contributed by atoms with Crippen LogP contribution in [-0.4, -0.2) is 60.2 Å². The first-order valence-electron chi connectivity index (χ1n) is 8.93. The van der Waals surface area contributed by atoms with Crippen molar-refractivity contribution in [2.45, 2.75) is 57.0 Å². The maximum absolute atomic E-state index is 12.6. The Labute approximate surface area is 138 Å². The van der Waals surface area contributed by atoms with Gasteiger partial charge in [0.25, 0.3) is 0 Å². The first-order chi connectivity index (χ1) is 10.7. The summed E-state index contributed by atoms with van der Waals surface area (Å²) < 4.78 is 5.53. The predicted octanol–water partition coefficient (Wildman–Crippen LogP) is 2.28. The minimum atomic E-state index is 0.170. The molecule has 1 amide bonds. The monoisotopic (exact) mass is 326 g/mol. The Balaban J connectivity index is 1.64. The highest BCUT2D eigenvalue weighted by Gasteiger charge is 2.45. The normalized spacial score (nSPS) is 28.4. The third kappa shape index (κ3) is 3.46. The molecule has 1 atom stereocenters. The van der Waals surface area contributed by atoms with Crippen molar-refractivity contribution >= 4 is 17.7 Å². The summed E-state index contributed by atoms with van der Waals surface area (Å²) in [6, 6.07) is 0.246. The van der Waals surface area contributed by atoms with Crippen molar-refractivity contribution in [1.29, 1.82) is 0 Å². The molecular weight excluding hydrogens is 296 g/mol. The van der Waals surface area contributed by atoms with Gasteiger partial charge < -0.3 is 10.1 Å². The fourth-order valence-corrected chi connectivity index (χ4v) is 5.55. The first kappa shape index (κ1) is 16.6. The number of thioether (sulfide) groups is 1. The summed E-state index contributed by atoms with van der Waals surface area (Å²) in [5.41, 5.74) is 0.170. The number of ether oxygens (including phenoxy) is 1. The standard InChI is InChI=1S/C17H30N2O2S/c1-14(18-16(20)15-4-12-22-13-5-15)17(6-2-3-7-17)19-8-10-21-11-9-19/h14-15H,2-13H2,1H3,(H,18,20)/t14-/m0/s1. The number of hydrogen-bond acceptors (Lipinski definition) is 4. The van der Waals surface area contributed by atoms with Crippen molar-refractivity contribution in [2.75, 3.05) is 37.8 Å². The summed E-state index contributed by atoms with van der Waals surface area (Å²) in [5, 5.41) is 3.40. The molecule has 2 saturated heterocycles. The molecule has 2 heterocycles. The average Bonchev–Trinajstić information content (AvgIpc) is 3.07. The van der Waals surface area contributed by atoms with Gasteiger partial charge in [0.2, 0.25) is 5.91 Å². The molecule has 5 heteroatoms. The lowest BCUT2D eigenvalue weighted by Gasteiger charge is -2.47.